The summed E-state index contributed by atoms with van der Waals surface area (Å²) in [6, 6.07) is 0. The van der Waals surface area contributed by atoms with E-state index in [4.69, 9.17) is 14.2 Å². The van der Waals surface area contributed by atoms with E-state index in [0.29, 0.717) is 19.3 Å². The Balaban J connectivity index is 4.37. The van der Waals surface area contributed by atoms with E-state index >= 15 is 0 Å². The lowest BCUT2D eigenvalue weighted by Crippen LogP contribution is -2.30. The number of hydrogen-bond donors (Lipinski definition) is 0. The average Bonchev–Trinajstić information content (AvgIpc) is 3.30. The van der Waals surface area contributed by atoms with Crippen molar-refractivity contribution in [2.24, 2.45) is 0 Å². The number of allylic oxidation sites excluding steroid dienone is 6. The molecule has 0 aromatic heterocycles. The second-order valence-electron chi connectivity index (χ2n) is 19.2. The molecule has 0 aliphatic carbocycles. The number of carbonyl (C=O) groups is 3. The molecule has 0 heterocycles. The van der Waals surface area contributed by atoms with Gasteiger partial charge in [0.2, 0.25) is 0 Å². The minimum atomic E-state index is -0.780. The lowest BCUT2D eigenvalue weighted by molar-refractivity contribution is -0.167. The van der Waals surface area contributed by atoms with E-state index in [1.54, 1.807) is 0 Å². The number of rotatable bonds is 52. The highest BCUT2D eigenvalue weighted by atomic mass is 16.6. The van der Waals surface area contributed by atoms with Gasteiger partial charge in [-0.1, -0.05) is 224 Å². The van der Waals surface area contributed by atoms with Crippen LogP contribution in [0.2, 0.25) is 0 Å². The van der Waals surface area contributed by atoms with Crippen molar-refractivity contribution in [3.8, 4) is 0 Å². The van der Waals surface area contributed by atoms with Crippen LogP contribution >= 0.6 is 0 Å². The molecule has 0 radical (unpaired) electrons. The van der Waals surface area contributed by atoms with E-state index in [2.05, 4.69) is 57.2 Å². The summed E-state index contributed by atoms with van der Waals surface area (Å²) < 4.78 is 16.8. The molecule has 65 heavy (non-hydrogen) atoms. The fraction of sp³-hybridized carbons (Fsp3) is 0.847. The molecule has 6 nitrogen and oxygen atoms in total. The molecule has 1 atom stereocenters. The van der Waals surface area contributed by atoms with E-state index < -0.39 is 6.10 Å². The van der Waals surface area contributed by atoms with Crippen LogP contribution in [0.25, 0.3) is 0 Å². The quantitative estimate of drug-likeness (QED) is 0.0262. The van der Waals surface area contributed by atoms with E-state index in [-0.39, 0.29) is 31.1 Å². The normalized spacial score (nSPS) is 12.2. The van der Waals surface area contributed by atoms with Crippen LogP contribution in [0.3, 0.4) is 0 Å². The van der Waals surface area contributed by atoms with Gasteiger partial charge in [0.25, 0.3) is 0 Å². The monoisotopic (exact) mass is 913 g/mol. The predicted molar refractivity (Wildman–Crippen MR) is 279 cm³/mol. The maximum atomic E-state index is 12.8. The molecule has 0 aromatic carbocycles. The van der Waals surface area contributed by atoms with Crippen molar-refractivity contribution in [3.63, 3.8) is 0 Å². The first-order chi connectivity index (χ1) is 32.0. The zero-order chi connectivity index (χ0) is 47.2. The zero-order valence-electron chi connectivity index (χ0n) is 43.5. The molecule has 0 saturated heterocycles. The molecule has 0 amide bonds. The Morgan fingerprint density at radius 2 is 0.508 bits per heavy atom. The third-order valence-corrected chi connectivity index (χ3v) is 12.6. The number of unbranched alkanes of at least 4 members (excludes halogenated alkanes) is 35. The highest BCUT2D eigenvalue weighted by molar-refractivity contribution is 5.71. The molecule has 380 valence electrons. The van der Waals surface area contributed by atoms with Gasteiger partial charge < -0.3 is 14.2 Å². The smallest absolute Gasteiger partial charge is 0.306 e. The van der Waals surface area contributed by atoms with Crippen LogP contribution in [-0.2, 0) is 28.6 Å². The standard InChI is InChI=1S/C59H108O6/c1-4-7-10-13-16-19-22-25-28-30-32-34-37-40-43-46-49-52-58(61)64-55-56(54-63-57(60)51-48-45-42-39-36-33-27-24-21-18-15-12-9-6-3)65-59(62)53-50-47-44-41-38-35-31-29-26-23-20-17-14-11-8-5-2/h24-25,27-29,31,56H,4-23,26,30,32-55H2,1-3H3/b27-24-,28-25-,31-29-. The summed E-state index contributed by atoms with van der Waals surface area (Å²) in [6.07, 6.45) is 64.1. The van der Waals surface area contributed by atoms with Gasteiger partial charge in [0, 0.05) is 19.3 Å². The minimum Gasteiger partial charge on any atom is -0.462 e. The summed E-state index contributed by atoms with van der Waals surface area (Å²) in [7, 11) is 0. The molecule has 0 bridgehead atoms. The van der Waals surface area contributed by atoms with E-state index in [0.717, 1.165) is 70.6 Å². The number of hydrogen-bond acceptors (Lipinski definition) is 6. The van der Waals surface area contributed by atoms with Crippen LogP contribution in [0.15, 0.2) is 36.5 Å². The van der Waals surface area contributed by atoms with Crippen LogP contribution in [0, 0.1) is 0 Å². The Kier molecular flexibility index (Phi) is 52.3. The van der Waals surface area contributed by atoms with Crippen molar-refractivity contribution in [2.45, 2.75) is 309 Å². The SMILES string of the molecule is CCCCCCC/C=C\CCCCCCCC(=O)OCC(COC(=O)CCCCCCCCC/C=C\CCCCCCCC)OC(=O)CCCCCCC/C=C\CCCCCCCCC. The maximum absolute atomic E-state index is 12.8. The number of carbonyl (C=O) groups excluding carboxylic acids is 3. The molecule has 0 aromatic rings. The van der Waals surface area contributed by atoms with Gasteiger partial charge in [-0.25, -0.2) is 0 Å². The highest BCUT2D eigenvalue weighted by Crippen LogP contribution is 2.15. The molecule has 0 aliphatic rings. The molecule has 0 N–H and O–H groups in total. The third-order valence-electron chi connectivity index (χ3n) is 12.6. The fourth-order valence-electron chi connectivity index (χ4n) is 8.25. The molecule has 0 fully saturated rings. The van der Waals surface area contributed by atoms with E-state index in [1.165, 1.54) is 193 Å². The van der Waals surface area contributed by atoms with E-state index in [9.17, 15) is 14.4 Å². The summed E-state index contributed by atoms with van der Waals surface area (Å²) in [5.41, 5.74) is 0. The van der Waals surface area contributed by atoms with Gasteiger partial charge >= 0.3 is 17.9 Å². The van der Waals surface area contributed by atoms with Gasteiger partial charge in [0.1, 0.15) is 13.2 Å². The van der Waals surface area contributed by atoms with Crippen molar-refractivity contribution in [2.75, 3.05) is 13.2 Å². The predicted octanol–water partition coefficient (Wildman–Crippen LogP) is 18.9. The zero-order valence-corrected chi connectivity index (χ0v) is 43.5. The summed E-state index contributed by atoms with van der Waals surface area (Å²) in [6.45, 7) is 6.64. The molecular formula is C59H108O6. The van der Waals surface area contributed by atoms with Crippen molar-refractivity contribution in [1.82, 2.24) is 0 Å². The van der Waals surface area contributed by atoms with Crippen LogP contribution in [-0.4, -0.2) is 37.2 Å². The Morgan fingerprint density at radius 3 is 0.769 bits per heavy atom. The van der Waals surface area contributed by atoms with Crippen molar-refractivity contribution >= 4 is 17.9 Å². The molecule has 0 spiro atoms. The number of ether oxygens (including phenoxy) is 3. The number of esters is 3. The largest absolute Gasteiger partial charge is 0.462 e. The van der Waals surface area contributed by atoms with Crippen LogP contribution in [0.1, 0.15) is 303 Å². The Labute approximate surface area is 404 Å². The highest BCUT2D eigenvalue weighted by Gasteiger charge is 2.19. The molecule has 0 saturated carbocycles. The van der Waals surface area contributed by atoms with Gasteiger partial charge in [0.05, 0.1) is 0 Å². The Hall–Kier alpha value is -2.37. The third kappa shape index (κ3) is 52.5. The molecular weight excluding hydrogens is 805 g/mol. The lowest BCUT2D eigenvalue weighted by Gasteiger charge is -2.18. The van der Waals surface area contributed by atoms with Crippen LogP contribution in [0.5, 0.6) is 0 Å². The summed E-state index contributed by atoms with van der Waals surface area (Å²) in [4.78, 5) is 38.1. The first-order valence-electron chi connectivity index (χ1n) is 28.5. The van der Waals surface area contributed by atoms with Crippen molar-refractivity contribution in [3.05, 3.63) is 36.5 Å². The molecule has 1 unspecified atom stereocenters. The minimum absolute atomic E-state index is 0.0783. The maximum Gasteiger partial charge on any atom is 0.306 e. The summed E-state index contributed by atoms with van der Waals surface area (Å²) in [5, 5.41) is 0. The van der Waals surface area contributed by atoms with Gasteiger partial charge in [-0.2, -0.15) is 0 Å². The summed E-state index contributed by atoms with van der Waals surface area (Å²) in [5.74, 6) is -0.885. The summed E-state index contributed by atoms with van der Waals surface area (Å²) >= 11 is 0. The van der Waals surface area contributed by atoms with Gasteiger partial charge in [-0.3, -0.25) is 14.4 Å². The second-order valence-corrected chi connectivity index (χ2v) is 19.2. The molecule has 0 aliphatic heterocycles. The van der Waals surface area contributed by atoms with Gasteiger partial charge in [-0.15, -0.1) is 0 Å². The topological polar surface area (TPSA) is 78.9 Å². The van der Waals surface area contributed by atoms with Crippen LogP contribution in [0.4, 0.5) is 0 Å². The molecule has 6 heteroatoms. The fourth-order valence-corrected chi connectivity index (χ4v) is 8.25. The van der Waals surface area contributed by atoms with Gasteiger partial charge in [-0.05, 0) is 96.3 Å². The Morgan fingerprint density at radius 1 is 0.292 bits per heavy atom. The first kappa shape index (κ1) is 62.6. The average molecular weight is 914 g/mol. The second kappa shape index (κ2) is 54.2. The van der Waals surface area contributed by atoms with Gasteiger partial charge in [0.15, 0.2) is 6.10 Å². The van der Waals surface area contributed by atoms with Crippen LogP contribution < -0.4 is 0 Å². The lowest BCUT2D eigenvalue weighted by atomic mass is 10.1. The van der Waals surface area contributed by atoms with E-state index in [1.807, 2.05) is 0 Å². The Bertz CT molecular complexity index is 1090. The van der Waals surface area contributed by atoms with Crippen molar-refractivity contribution < 1.29 is 28.6 Å². The molecule has 0 rings (SSSR count). The first-order valence-corrected chi connectivity index (χ1v) is 28.5. The van der Waals surface area contributed by atoms with Crippen molar-refractivity contribution in [1.29, 1.82) is 0 Å².